The van der Waals surface area contributed by atoms with E-state index >= 15 is 0 Å². The standard InChI is InChI=1S/C12H20O5/c1-6-9(15-5)12(4,10(13)16-7-2)11(14)17-8-3/h6,9H,1,7-8H2,2-5H3. The molecule has 0 aromatic carbocycles. The summed E-state index contributed by atoms with van der Waals surface area (Å²) in [6.45, 7) is 8.67. The molecule has 0 fully saturated rings. The molecular formula is C12H20O5. The molecular weight excluding hydrogens is 224 g/mol. The van der Waals surface area contributed by atoms with Gasteiger partial charge in [-0.15, -0.1) is 6.58 Å². The first-order chi connectivity index (χ1) is 7.98. The molecule has 0 aliphatic heterocycles. The smallest absolute Gasteiger partial charge is 0.326 e. The molecule has 0 rings (SSSR count). The highest BCUT2D eigenvalue weighted by atomic mass is 16.6. The minimum atomic E-state index is -1.53. The van der Waals surface area contributed by atoms with E-state index in [0.717, 1.165) is 0 Å². The first-order valence-corrected chi connectivity index (χ1v) is 5.48. The minimum absolute atomic E-state index is 0.182. The van der Waals surface area contributed by atoms with E-state index in [1.54, 1.807) is 13.8 Å². The lowest BCUT2D eigenvalue weighted by Crippen LogP contribution is -2.48. The van der Waals surface area contributed by atoms with Crippen LogP contribution in [0.1, 0.15) is 20.8 Å². The summed E-state index contributed by atoms with van der Waals surface area (Å²) in [5.74, 6) is -1.35. The zero-order valence-corrected chi connectivity index (χ0v) is 10.8. The number of rotatable bonds is 7. The molecule has 1 atom stereocenters. The van der Waals surface area contributed by atoms with Crippen molar-refractivity contribution in [1.29, 1.82) is 0 Å². The molecule has 0 radical (unpaired) electrons. The Labute approximate surface area is 102 Å². The second kappa shape index (κ2) is 7.06. The Balaban J connectivity index is 5.25. The van der Waals surface area contributed by atoms with Crippen molar-refractivity contribution in [2.75, 3.05) is 20.3 Å². The van der Waals surface area contributed by atoms with Gasteiger partial charge in [0.15, 0.2) is 5.41 Å². The molecule has 0 saturated carbocycles. The largest absolute Gasteiger partial charge is 0.465 e. The molecule has 5 heteroatoms. The van der Waals surface area contributed by atoms with Gasteiger partial charge in [-0.3, -0.25) is 9.59 Å². The molecule has 0 N–H and O–H groups in total. The van der Waals surface area contributed by atoms with Gasteiger partial charge in [0.1, 0.15) is 6.10 Å². The van der Waals surface area contributed by atoms with Crippen LogP contribution in [0.15, 0.2) is 12.7 Å². The van der Waals surface area contributed by atoms with Crippen LogP contribution in [-0.2, 0) is 23.8 Å². The lowest BCUT2D eigenvalue weighted by atomic mass is 9.84. The quantitative estimate of drug-likeness (QED) is 0.384. The summed E-state index contributed by atoms with van der Waals surface area (Å²) in [7, 11) is 1.39. The predicted octanol–water partition coefficient (Wildman–Crippen LogP) is 1.32. The van der Waals surface area contributed by atoms with Crippen LogP contribution in [0.5, 0.6) is 0 Å². The van der Waals surface area contributed by atoms with Crippen LogP contribution in [0.3, 0.4) is 0 Å². The Bertz CT molecular complexity index is 267. The lowest BCUT2D eigenvalue weighted by molar-refractivity contribution is -0.178. The maximum atomic E-state index is 11.9. The SMILES string of the molecule is C=CC(OC)C(C)(C(=O)OCC)C(=O)OCC. The van der Waals surface area contributed by atoms with Gasteiger partial charge in [0.05, 0.1) is 13.2 Å². The molecule has 0 bridgehead atoms. The van der Waals surface area contributed by atoms with Crippen LogP contribution in [-0.4, -0.2) is 38.4 Å². The fourth-order valence-electron chi connectivity index (χ4n) is 1.45. The Morgan fingerprint density at radius 1 is 1.24 bits per heavy atom. The van der Waals surface area contributed by atoms with Crippen molar-refractivity contribution in [1.82, 2.24) is 0 Å². The van der Waals surface area contributed by atoms with Gasteiger partial charge in [-0.2, -0.15) is 0 Å². The van der Waals surface area contributed by atoms with Gasteiger partial charge >= 0.3 is 11.9 Å². The van der Waals surface area contributed by atoms with Crippen molar-refractivity contribution in [3.63, 3.8) is 0 Å². The van der Waals surface area contributed by atoms with E-state index in [4.69, 9.17) is 14.2 Å². The Morgan fingerprint density at radius 2 is 1.65 bits per heavy atom. The van der Waals surface area contributed by atoms with E-state index in [1.165, 1.54) is 20.1 Å². The fraction of sp³-hybridized carbons (Fsp3) is 0.667. The molecule has 5 nitrogen and oxygen atoms in total. The second-order valence-corrected chi connectivity index (χ2v) is 3.54. The van der Waals surface area contributed by atoms with Gasteiger partial charge in [-0.25, -0.2) is 0 Å². The summed E-state index contributed by atoms with van der Waals surface area (Å²) in [6.07, 6.45) is 0.592. The maximum Gasteiger partial charge on any atom is 0.326 e. The summed E-state index contributed by atoms with van der Waals surface area (Å²) >= 11 is 0. The van der Waals surface area contributed by atoms with Crippen LogP contribution in [0.25, 0.3) is 0 Å². The highest BCUT2D eigenvalue weighted by molar-refractivity contribution is 6.00. The Hall–Kier alpha value is -1.36. The molecule has 0 amide bonds. The highest BCUT2D eigenvalue weighted by Gasteiger charge is 2.50. The van der Waals surface area contributed by atoms with Crippen molar-refractivity contribution in [2.45, 2.75) is 26.9 Å². The average molecular weight is 244 g/mol. The number of methoxy groups -OCH3 is 1. The molecule has 0 aliphatic rings. The first-order valence-electron chi connectivity index (χ1n) is 5.48. The molecule has 0 aromatic rings. The third-order valence-electron chi connectivity index (χ3n) is 2.44. The van der Waals surface area contributed by atoms with Crippen LogP contribution in [0.2, 0.25) is 0 Å². The summed E-state index contributed by atoms with van der Waals surface area (Å²) in [5.41, 5.74) is -1.53. The summed E-state index contributed by atoms with van der Waals surface area (Å²) in [5, 5.41) is 0. The summed E-state index contributed by atoms with van der Waals surface area (Å²) in [4.78, 5) is 23.8. The Morgan fingerprint density at radius 3 is 1.88 bits per heavy atom. The third kappa shape index (κ3) is 3.30. The average Bonchev–Trinajstić information content (AvgIpc) is 2.30. The predicted molar refractivity (Wildman–Crippen MR) is 62.4 cm³/mol. The molecule has 0 aliphatic carbocycles. The van der Waals surface area contributed by atoms with Crippen LogP contribution in [0.4, 0.5) is 0 Å². The number of carbonyl (C=O) groups is 2. The van der Waals surface area contributed by atoms with Gasteiger partial charge in [-0.05, 0) is 20.8 Å². The van der Waals surface area contributed by atoms with E-state index in [9.17, 15) is 9.59 Å². The van der Waals surface area contributed by atoms with Crippen LogP contribution in [0, 0.1) is 5.41 Å². The number of esters is 2. The van der Waals surface area contributed by atoms with Gasteiger partial charge in [0.25, 0.3) is 0 Å². The number of hydrogen-bond acceptors (Lipinski definition) is 5. The van der Waals surface area contributed by atoms with Gasteiger partial charge < -0.3 is 14.2 Å². The number of hydrogen-bond donors (Lipinski definition) is 0. The van der Waals surface area contributed by atoms with E-state index in [2.05, 4.69) is 6.58 Å². The normalized spacial score (nSPS) is 12.7. The fourth-order valence-corrected chi connectivity index (χ4v) is 1.45. The van der Waals surface area contributed by atoms with Crippen molar-refractivity contribution < 1.29 is 23.8 Å². The zero-order valence-electron chi connectivity index (χ0n) is 10.8. The van der Waals surface area contributed by atoms with Crippen molar-refractivity contribution in [3.05, 3.63) is 12.7 Å². The zero-order chi connectivity index (χ0) is 13.5. The first kappa shape index (κ1) is 15.6. The van der Waals surface area contributed by atoms with Gasteiger partial charge in [0, 0.05) is 7.11 Å². The number of ether oxygens (including phenoxy) is 3. The molecule has 1 unspecified atom stereocenters. The summed E-state index contributed by atoms with van der Waals surface area (Å²) < 4.78 is 14.9. The van der Waals surface area contributed by atoms with E-state index in [-0.39, 0.29) is 13.2 Å². The van der Waals surface area contributed by atoms with E-state index in [1.807, 2.05) is 0 Å². The minimum Gasteiger partial charge on any atom is -0.465 e. The highest BCUT2D eigenvalue weighted by Crippen LogP contribution is 2.28. The van der Waals surface area contributed by atoms with Crippen molar-refractivity contribution >= 4 is 11.9 Å². The lowest BCUT2D eigenvalue weighted by Gasteiger charge is -2.30. The van der Waals surface area contributed by atoms with Gasteiger partial charge in [-0.1, -0.05) is 6.08 Å². The summed E-state index contributed by atoms with van der Waals surface area (Å²) in [6, 6.07) is 0. The van der Waals surface area contributed by atoms with E-state index in [0.29, 0.717) is 0 Å². The van der Waals surface area contributed by atoms with Crippen molar-refractivity contribution in [3.8, 4) is 0 Å². The second-order valence-electron chi connectivity index (χ2n) is 3.54. The van der Waals surface area contributed by atoms with E-state index < -0.39 is 23.5 Å². The third-order valence-corrected chi connectivity index (χ3v) is 2.44. The van der Waals surface area contributed by atoms with Crippen molar-refractivity contribution in [2.24, 2.45) is 5.41 Å². The molecule has 0 aromatic heterocycles. The molecule has 0 spiro atoms. The molecule has 98 valence electrons. The number of carbonyl (C=O) groups excluding carboxylic acids is 2. The van der Waals surface area contributed by atoms with Crippen LogP contribution < -0.4 is 0 Å². The topological polar surface area (TPSA) is 61.8 Å². The molecule has 0 saturated heterocycles. The van der Waals surface area contributed by atoms with Crippen LogP contribution >= 0.6 is 0 Å². The molecule has 17 heavy (non-hydrogen) atoms. The monoisotopic (exact) mass is 244 g/mol. The maximum absolute atomic E-state index is 11.9. The van der Waals surface area contributed by atoms with Gasteiger partial charge in [0.2, 0.25) is 0 Å². The Kier molecular flexibility index (Phi) is 6.50. The molecule has 0 heterocycles.